The number of nitrogens with zero attached hydrogens (tertiary/aromatic N) is 1. The fourth-order valence-corrected chi connectivity index (χ4v) is 3.71. The van der Waals surface area contributed by atoms with E-state index in [0.29, 0.717) is 0 Å². The van der Waals surface area contributed by atoms with Gasteiger partial charge in [0.2, 0.25) is 5.91 Å². The van der Waals surface area contributed by atoms with Gasteiger partial charge in [-0.1, -0.05) is 24.3 Å². The number of pyridine rings is 1. The fraction of sp³-hybridized carbons (Fsp3) is 0.120. The average Bonchev–Trinajstić information content (AvgIpc) is 2.80. The van der Waals surface area contributed by atoms with Crippen molar-refractivity contribution in [3.05, 3.63) is 89.0 Å². The second-order valence-corrected chi connectivity index (χ2v) is 8.30. The van der Waals surface area contributed by atoms with Crippen molar-refractivity contribution >= 4 is 41.5 Å². The summed E-state index contributed by atoms with van der Waals surface area (Å²) >= 11 is 4.23. The molecule has 3 rings (SSSR count). The normalized spacial score (nSPS) is 12.0. The fourth-order valence-electron chi connectivity index (χ4n) is 3.39. The number of allylic oxidation sites excluding steroid dienone is 1. The first kappa shape index (κ1) is 25.4. The molecule has 0 saturated carbocycles. The molecule has 0 spiro atoms. The molecule has 2 aromatic carbocycles. The molecule has 1 heterocycles. The lowest BCUT2D eigenvalue weighted by atomic mass is 10.0. The predicted octanol–water partition coefficient (Wildman–Crippen LogP) is 3.72. The van der Waals surface area contributed by atoms with Gasteiger partial charge in [-0.25, -0.2) is 4.39 Å². The minimum atomic E-state index is -0.932. The number of halogens is 1. The Morgan fingerprint density at radius 1 is 1.09 bits per heavy atom. The van der Waals surface area contributed by atoms with Gasteiger partial charge in [0.15, 0.2) is 0 Å². The summed E-state index contributed by atoms with van der Waals surface area (Å²) in [6.45, 7) is 1.55. The van der Waals surface area contributed by atoms with Crippen molar-refractivity contribution in [3.63, 3.8) is 0 Å². The number of aromatic nitrogens is 1. The zero-order valence-corrected chi connectivity index (χ0v) is 19.8. The van der Waals surface area contributed by atoms with Gasteiger partial charge in [-0.2, -0.15) is 0 Å². The number of carbonyl (C=O) groups excluding carboxylic acids is 2. The summed E-state index contributed by atoms with van der Waals surface area (Å²) in [6, 6.07) is 12.7. The number of nitrogens with one attached hydrogen (secondary N) is 3. The number of rotatable bonds is 10. The van der Waals surface area contributed by atoms with Crippen LogP contribution in [0.2, 0.25) is 0 Å². The summed E-state index contributed by atoms with van der Waals surface area (Å²) in [5.41, 5.74) is 14.0. The number of nitrogens with two attached hydrogens (primary N) is 2. The van der Waals surface area contributed by atoms with Crippen molar-refractivity contribution < 1.29 is 14.0 Å². The Balaban J connectivity index is 1.85. The Morgan fingerprint density at radius 2 is 1.71 bits per heavy atom. The smallest absolute Gasteiger partial charge is 0.250 e. The lowest BCUT2D eigenvalue weighted by molar-refractivity contribution is -0.118. The molecule has 0 radical (unpaired) electrons. The van der Waals surface area contributed by atoms with E-state index in [1.165, 1.54) is 12.1 Å². The molecule has 0 aliphatic rings. The first-order valence-corrected chi connectivity index (χ1v) is 11.0. The number of hydrogen-bond donors (Lipinski definition) is 6. The molecule has 2 amide bonds. The molecule has 0 aliphatic carbocycles. The highest BCUT2D eigenvalue weighted by atomic mass is 32.1. The molecule has 0 aliphatic heterocycles. The quantitative estimate of drug-likeness (QED) is 0.189. The van der Waals surface area contributed by atoms with Gasteiger partial charge in [0.25, 0.3) is 5.91 Å². The Hall–Kier alpha value is -4.18. The van der Waals surface area contributed by atoms with Gasteiger partial charge < -0.3 is 27.5 Å². The van der Waals surface area contributed by atoms with Crippen LogP contribution in [0.1, 0.15) is 22.8 Å². The summed E-state index contributed by atoms with van der Waals surface area (Å²) < 4.78 is 14.8. The van der Waals surface area contributed by atoms with E-state index in [9.17, 15) is 14.0 Å². The number of primary amides is 2. The van der Waals surface area contributed by atoms with Crippen molar-refractivity contribution in [2.24, 2.45) is 11.5 Å². The van der Waals surface area contributed by atoms with Crippen LogP contribution >= 0.6 is 12.6 Å². The Bertz CT molecular complexity index is 1280. The minimum absolute atomic E-state index is 0.0533. The third-order valence-electron chi connectivity index (χ3n) is 5.07. The SMILES string of the molecule is CC(=N)/C=C(\S)Nc1cc(NC(Cc2ccc(-c3ccncc3)cc2)C(N)=O)c(F)cc1C(N)=O. The summed E-state index contributed by atoms with van der Waals surface area (Å²) in [6.07, 6.45) is 5.02. The van der Waals surface area contributed by atoms with E-state index >= 15 is 0 Å². The Kier molecular flexibility index (Phi) is 8.21. The second-order valence-electron chi connectivity index (χ2n) is 7.82. The van der Waals surface area contributed by atoms with Gasteiger partial charge in [-0.05, 0) is 54.0 Å². The van der Waals surface area contributed by atoms with Crippen LogP contribution in [0.3, 0.4) is 0 Å². The molecule has 0 fully saturated rings. The minimum Gasteiger partial charge on any atom is -0.371 e. The highest BCUT2D eigenvalue weighted by Crippen LogP contribution is 2.27. The molecule has 3 aromatic rings. The maximum atomic E-state index is 14.8. The van der Waals surface area contributed by atoms with Crippen molar-refractivity contribution in [1.29, 1.82) is 5.41 Å². The highest BCUT2D eigenvalue weighted by Gasteiger charge is 2.20. The van der Waals surface area contributed by atoms with Crippen LogP contribution in [0.15, 0.2) is 72.0 Å². The van der Waals surface area contributed by atoms with Gasteiger partial charge in [0, 0.05) is 24.5 Å². The van der Waals surface area contributed by atoms with Crippen LogP contribution in [-0.2, 0) is 11.2 Å². The Morgan fingerprint density at radius 3 is 2.29 bits per heavy atom. The molecule has 10 heteroatoms. The van der Waals surface area contributed by atoms with Crippen molar-refractivity contribution in [1.82, 2.24) is 4.98 Å². The molecular formula is C25H25FN6O2S. The molecule has 35 heavy (non-hydrogen) atoms. The van der Waals surface area contributed by atoms with Gasteiger partial charge in [-0.15, -0.1) is 12.6 Å². The molecule has 1 atom stereocenters. The molecule has 1 aromatic heterocycles. The van der Waals surface area contributed by atoms with Crippen LogP contribution < -0.4 is 22.1 Å². The molecule has 8 nitrogen and oxygen atoms in total. The van der Waals surface area contributed by atoms with Gasteiger partial charge in [0.1, 0.15) is 11.9 Å². The first-order valence-electron chi connectivity index (χ1n) is 10.6. The van der Waals surface area contributed by atoms with Crippen LogP contribution in [0.4, 0.5) is 15.8 Å². The average molecular weight is 493 g/mol. The lowest BCUT2D eigenvalue weighted by Crippen LogP contribution is -2.37. The van der Waals surface area contributed by atoms with Crippen molar-refractivity contribution in [2.75, 3.05) is 10.6 Å². The van der Waals surface area contributed by atoms with E-state index < -0.39 is 23.7 Å². The first-order chi connectivity index (χ1) is 16.6. The van der Waals surface area contributed by atoms with Crippen LogP contribution in [0.5, 0.6) is 0 Å². The standard InChI is InChI=1S/C25H25FN6O2S/c1-14(27)10-23(35)32-20-13-21(19(26)12-18(20)24(28)33)31-22(25(29)34)11-15-2-4-16(5-3-15)17-6-8-30-9-7-17/h2-10,12-13,22,27,31-32,35H,11H2,1H3,(H2,28,33)(H2,29,34)/b23-10-,27-14?. The van der Waals surface area contributed by atoms with E-state index in [1.807, 2.05) is 36.4 Å². The van der Waals surface area contributed by atoms with E-state index in [2.05, 4.69) is 28.2 Å². The maximum Gasteiger partial charge on any atom is 0.250 e. The van der Waals surface area contributed by atoms with Gasteiger partial charge in [-0.3, -0.25) is 14.6 Å². The summed E-state index contributed by atoms with van der Waals surface area (Å²) in [5.74, 6) is -2.31. The van der Waals surface area contributed by atoms with E-state index in [1.54, 1.807) is 19.3 Å². The van der Waals surface area contributed by atoms with E-state index in [-0.39, 0.29) is 34.1 Å². The van der Waals surface area contributed by atoms with Crippen LogP contribution in [0.25, 0.3) is 11.1 Å². The number of benzene rings is 2. The number of carbonyl (C=O) groups is 2. The zero-order valence-electron chi connectivity index (χ0n) is 18.9. The zero-order chi connectivity index (χ0) is 25.5. The maximum absolute atomic E-state index is 14.8. The molecule has 180 valence electrons. The predicted molar refractivity (Wildman–Crippen MR) is 139 cm³/mol. The Labute approximate surface area is 207 Å². The number of thiol groups is 1. The van der Waals surface area contributed by atoms with Crippen LogP contribution in [-0.4, -0.2) is 28.6 Å². The largest absolute Gasteiger partial charge is 0.371 e. The van der Waals surface area contributed by atoms with Gasteiger partial charge in [0.05, 0.1) is 22.0 Å². The monoisotopic (exact) mass is 492 g/mol. The number of anilines is 2. The molecule has 7 N–H and O–H groups in total. The molecular weight excluding hydrogens is 467 g/mol. The molecule has 1 unspecified atom stereocenters. The summed E-state index contributed by atoms with van der Waals surface area (Å²) in [5, 5.41) is 13.4. The number of amides is 2. The summed E-state index contributed by atoms with van der Waals surface area (Å²) in [7, 11) is 0. The van der Waals surface area contributed by atoms with E-state index in [4.69, 9.17) is 16.9 Å². The van der Waals surface area contributed by atoms with Gasteiger partial charge >= 0.3 is 0 Å². The summed E-state index contributed by atoms with van der Waals surface area (Å²) in [4.78, 5) is 28.0. The van der Waals surface area contributed by atoms with Crippen molar-refractivity contribution in [2.45, 2.75) is 19.4 Å². The lowest BCUT2D eigenvalue weighted by Gasteiger charge is -2.20. The van der Waals surface area contributed by atoms with E-state index in [0.717, 1.165) is 22.8 Å². The second kappa shape index (κ2) is 11.3. The third-order valence-corrected chi connectivity index (χ3v) is 5.31. The third kappa shape index (κ3) is 6.90. The number of hydrogen-bond acceptors (Lipinski definition) is 7. The van der Waals surface area contributed by atoms with Crippen molar-refractivity contribution in [3.8, 4) is 11.1 Å². The highest BCUT2D eigenvalue weighted by molar-refractivity contribution is 7.84. The molecule has 0 bridgehead atoms. The topological polar surface area (TPSA) is 147 Å². The van der Waals surface area contributed by atoms with Crippen LogP contribution in [0, 0.1) is 11.2 Å². The molecule has 0 saturated heterocycles.